The van der Waals surface area contributed by atoms with Gasteiger partial charge in [0, 0.05) is 11.8 Å². The van der Waals surface area contributed by atoms with E-state index in [0.29, 0.717) is 11.4 Å². The van der Waals surface area contributed by atoms with Gasteiger partial charge in [-0.15, -0.1) is 11.3 Å². The molecule has 3 rings (SSSR count). The monoisotopic (exact) mass is 416 g/mol. The Morgan fingerprint density at radius 3 is 2.61 bits per heavy atom. The molecule has 28 heavy (non-hydrogen) atoms. The number of carbonyl (C=O) groups is 1. The minimum absolute atomic E-state index is 0.142. The number of benzene rings is 2. The molecule has 0 aliphatic rings. The van der Waals surface area contributed by atoms with Gasteiger partial charge in [-0.3, -0.25) is 4.79 Å². The smallest absolute Gasteiger partial charge is 0.225 e. The molecule has 2 aromatic carbocycles. The third-order valence-corrected chi connectivity index (χ3v) is 6.37. The Hall–Kier alpha value is -2.71. The highest BCUT2D eigenvalue weighted by Gasteiger charge is 2.17. The molecule has 8 heteroatoms. The molecule has 1 N–H and O–H groups in total. The van der Waals surface area contributed by atoms with Gasteiger partial charge < -0.3 is 10.1 Å². The van der Waals surface area contributed by atoms with Gasteiger partial charge in [0.15, 0.2) is 9.84 Å². The Balaban J connectivity index is 1.59. The number of nitrogens with zero attached hydrogens (tertiary/aromatic N) is 1. The number of sulfone groups is 1. The van der Waals surface area contributed by atoms with Gasteiger partial charge in [0.1, 0.15) is 12.4 Å². The molecule has 0 aliphatic carbocycles. The van der Waals surface area contributed by atoms with Crippen molar-refractivity contribution in [2.75, 3.05) is 11.1 Å². The van der Waals surface area contributed by atoms with Gasteiger partial charge in [0.25, 0.3) is 0 Å². The molecule has 0 radical (unpaired) electrons. The molecule has 0 spiro atoms. The summed E-state index contributed by atoms with van der Waals surface area (Å²) < 4.78 is 30.5. The highest BCUT2D eigenvalue weighted by Crippen LogP contribution is 2.25. The summed E-state index contributed by atoms with van der Waals surface area (Å²) in [6.45, 7) is 2.18. The number of nitrogens with one attached hydrogen (secondary N) is 1. The Kier molecular flexibility index (Phi) is 6.43. The van der Waals surface area contributed by atoms with Crippen LogP contribution in [0.3, 0.4) is 0 Å². The third kappa shape index (κ3) is 5.40. The lowest BCUT2D eigenvalue weighted by molar-refractivity contribution is -0.115. The second-order valence-electron chi connectivity index (χ2n) is 6.19. The molecule has 0 unspecified atom stereocenters. The zero-order valence-electron chi connectivity index (χ0n) is 15.3. The quantitative estimate of drug-likeness (QED) is 0.603. The summed E-state index contributed by atoms with van der Waals surface area (Å²) in [6.07, 6.45) is -0.142. The van der Waals surface area contributed by atoms with Crippen LogP contribution in [0.15, 0.2) is 64.3 Å². The second-order valence-corrected chi connectivity index (χ2v) is 9.02. The number of anilines is 1. The van der Waals surface area contributed by atoms with Crippen molar-refractivity contribution >= 4 is 32.8 Å². The summed E-state index contributed by atoms with van der Waals surface area (Å²) in [5.74, 6) is -0.144. The fourth-order valence-corrected chi connectivity index (χ4v) is 4.24. The molecular formula is C20H20N2O4S2. The normalized spacial score (nSPS) is 11.2. The number of rotatable bonds is 8. The van der Waals surface area contributed by atoms with Gasteiger partial charge >= 0.3 is 0 Å². The molecule has 0 saturated heterocycles. The lowest BCUT2D eigenvalue weighted by atomic mass is 10.2. The first-order valence-electron chi connectivity index (χ1n) is 8.62. The van der Waals surface area contributed by atoms with Crippen LogP contribution in [0.25, 0.3) is 0 Å². The first-order valence-corrected chi connectivity index (χ1v) is 11.2. The summed E-state index contributed by atoms with van der Waals surface area (Å²) in [5, 5.41) is 4.61. The van der Waals surface area contributed by atoms with Crippen molar-refractivity contribution in [1.82, 2.24) is 4.98 Å². The minimum Gasteiger partial charge on any atom is -0.485 e. The molecule has 1 aromatic heterocycles. The summed E-state index contributed by atoms with van der Waals surface area (Å²) in [6, 6.07) is 13.6. The van der Waals surface area contributed by atoms with Crippen LogP contribution in [0.4, 0.5) is 5.69 Å². The molecule has 0 saturated carbocycles. The predicted molar refractivity (Wildman–Crippen MR) is 109 cm³/mol. The molecule has 0 aliphatic heterocycles. The fraction of sp³-hybridized carbons (Fsp3) is 0.200. The van der Waals surface area contributed by atoms with Crippen LogP contribution in [0.2, 0.25) is 0 Å². The highest BCUT2D eigenvalue weighted by molar-refractivity contribution is 7.91. The highest BCUT2D eigenvalue weighted by atomic mass is 32.2. The molecule has 6 nitrogen and oxygen atoms in total. The van der Waals surface area contributed by atoms with E-state index in [2.05, 4.69) is 10.3 Å². The number of hydrogen-bond acceptors (Lipinski definition) is 6. The van der Waals surface area contributed by atoms with Gasteiger partial charge in [-0.25, -0.2) is 13.4 Å². The average Bonchev–Trinajstić information content (AvgIpc) is 3.20. The lowest BCUT2D eigenvalue weighted by Gasteiger charge is -2.12. The van der Waals surface area contributed by atoms with Crippen molar-refractivity contribution in [1.29, 1.82) is 0 Å². The molecule has 0 bridgehead atoms. The van der Waals surface area contributed by atoms with Crippen LogP contribution in [0.5, 0.6) is 5.75 Å². The Labute approximate surface area is 168 Å². The number of aryl methyl sites for hydroxylation is 1. The number of para-hydroxylation sites is 2. The summed E-state index contributed by atoms with van der Waals surface area (Å²) in [7, 11) is -3.51. The van der Waals surface area contributed by atoms with Gasteiger partial charge in [-0.2, -0.15) is 0 Å². The number of amides is 1. The first kappa shape index (κ1) is 20.0. The van der Waals surface area contributed by atoms with Crippen LogP contribution in [0, 0.1) is 6.92 Å². The van der Waals surface area contributed by atoms with Crippen LogP contribution < -0.4 is 10.1 Å². The molecule has 146 valence electrons. The van der Waals surface area contributed by atoms with Crippen molar-refractivity contribution in [3.8, 4) is 5.75 Å². The van der Waals surface area contributed by atoms with Gasteiger partial charge in [-0.05, 0) is 31.2 Å². The standard InChI is InChI=1S/C20H20N2O4S2/c1-15-6-8-17(9-7-15)28(24,25)11-10-20(23)22-18-4-2-3-5-19(18)26-12-16-13-27-14-21-16/h2-9,13-14H,10-12H2,1H3,(H,22,23). The maximum atomic E-state index is 12.4. The van der Waals surface area contributed by atoms with Gasteiger partial charge in [0.05, 0.1) is 27.5 Å². The van der Waals surface area contributed by atoms with Crippen molar-refractivity contribution in [3.05, 3.63) is 70.7 Å². The first-order chi connectivity index (χ1) is 13.4. The zero-order chi connectivity index (χ0) is 20.0. The van der Waals surface area contributed by atoms with E-state index in [4.69, 9.17) is 4.74 Å². The Bertz CT molecular complexity index is 1030. The maximum absolute atomic E-state index is 12.4. The second kappa shape index (κ2) is 8.99. The van der Waals surface area contributed by atoms with Crippen molar-refractivity contribution < 1.29 is 17.9 Å². The van der Waals surface area contributed by atoms with E-state index in [1.54, 1.807) is 54.0 Å². The van der Waals surface area contributed by atoms with Gasteiger partial charge in [0.2, 0.25) is 5.91 Å². The van der Waals surface area contributed by atoms with E-state index in [0.717, 1.165) is 11.3 Å². The Morgan fingerprint density at radius 1 is 1.14 bits per heavy atom. The predicted octanol–water partition coefficient (Wildman–Crippen LogP) is 3.83. The van der Waals surface area contributed by atoms with Crippen LogP contribution in [-0.4, -0.2) is 25.1 Å². The van der Waals surface area contributed by atoms with Crippen LogP contribution in [-0.2, 0) is 21.2 Å². The van der Waals surface area contributed by atoms with E-state index >= 15 is 0 Å². The van der Waals surface area contributed by atoms with E-state index in [-0.39, 0.29) is 29.6 Å². The Morgan fingerprint density at radius 2 is 1.89 bits per heavy atom. The van der Waals surface area contributed by atoms with Crippen LogP contribution >= 0.6 is 11.3 Å². The molecule has 1 amide bonds. The third-order valence-electron chi connectivity index (χ3n) is 4.00. The van der Waals surface area contributed by atoms with Gasteiger partial charge in [-0.1, -0.05) is 29.8 Å². The summed E-state index contributed by atoms with van der Waals surface area (Å²) >= 11 is 1.48. The molecule has 0 atom stereocenters. The van der Waals surface area contributed by atoms with Crippen molar-refractivity contribution in [2.45, 2.75) is 24.8 Å². The SMILES string of the molecule is Cc1ccc(S(=O)(=O)CCC(=O)Nc2ccccc2OCc2cscn2)cc1. The summed E-state index contributed by atoms with van der Waals surface area (Å²) in [5.41, 5.74) is 4.00. The molecular weight excluding hydrogens is 396 g/mol. The number of carbonyl (C=O) groups excluding carboxylic acids is 1. The lowest BCUT2D eigenvalue weighted by Crippen LogP contribution is -2.18. The van der Waals surface area contributed by atoms with E-state index in [1.807, 2.05) is 12.3 Å². The van der Waals surface area contributed by atoms with E-state index in [1.165, 1.54) is 11.3 Å². The fourth-order valence-electron chi connectivity index (χ4n) is 2.46. The van der Waals surface area contributed by atoms with Crippen LogP contribution in [0.1, 0.15) is 17.7 Å². The number of aromatic nitrogens is 1. The topological polar surface area (TPSA) is 85.4 Å². The van der Waals surface area contributed by atoms with E-state index < -0.39 is 9.84 Å². The van der Waals surface area contributed by atoms with Crippen molar-refractivity contribution in [3.63, 3.8) is 0 Å². The molecule has 1 heterocycles. The van der Waals surface area contributed by atoms with Crippen molar-refractivity contribution in [2.24, 2.45) is 0 Å². The maximum Gasteiger partial charge on any atom is 0.225 e. The minimum atomic E-state index is -3.51. The summed E-state index contributed by atoms with van der Waals surface area (Å²) in [4.78, 5) is 16.7. The number of ether oxygens (including phenoxy) is 1. The number of hydrogen-bond donors (Lipinski definition) is 1. The van der Waals surface area contributed by atoms with E-state index in [9.17, 15) is 13.2 Å². The largest absolute Gasteiger partial charge is 0.485 e. The zero-order valence-corrected chi connectivity index (χ0v) is 16.9. The average molecular weight is 417 g/mol. The molecule has 0 fully saturated rings. The molecule has 3 aromatic rings. The number of thiazole rings is 1.